The van der Waals surface area contributed by atoms with Crippen LogP contribution in [-0.2, 0) is 0 Å². The minimum absolute atomic E-state index is 0.477. The van der Waals surface area contributed by atoms with Gasteiger partial charge in [0.15, 0.2) is 0 Å². The summed E-state index contributed by atoms with van der Waals surface area (Å²) in [7, 11) is 0. The fraction of sp³-hybridized carbons (Fsp3) is 0.333. The summed E-state index contributed by atoms with van der Waals surface area (Å²) in [6.07, 6.45) is 7.91. The van der Waals surface area contributed by atoms with Crippen molar-refractivity contribution in [1.29, 1.82) is 5.26 Å². The first-order chi connectivity index (χ1) is 5.35. The monoisotopic (exact) mass is 148 g/mol. The molecule has 0 radical (unpaired) electrons. The molecule has 0 aliphatic heterocycles. The van der Waals surface area contributed by atoms with Crippen LogP contribution in [0.3, 0.4) is 0 Å². The maximum absolute atomic E-state index is 8.50. The van der Waals surface area contributed by atoms with E-state index in [1.54, 1.807) is 18.4 Å². The van der Waals surface area contributed by atoms with E-state index in [2.05, 4.69) is 4.99 Å². The molecule has 0 unspecified atom stereocenters. The Kier molecular flexibility index (Phi) is 5.92. The third-order valence-corrected chi connectivity index (χ3v) is 1.00. The lowest BCUT2D eigenvalue weighted by Crippen LogP contribution is -1.72. The summed E-state index contributed by atoms with van der Waals surface area (Å²) in [6.45, 7) is 3.88. The second kappa shape index (κ2) is 6.76. The molecule has 0 aliphatic rings. The number of aliphatic imine (C=N–C) groups is 1. The SMILES string of the molecule is C\C=C/C=N\C(C#N)=C/CC. The summed E-state index contributed by atoms with van der Waals surface area (Å²) in [5, 5.41) is 8.50. The van der Waals surface area contributed by atoms with E-state index in [1.807, 2.05) is 26.0 Å². The quantitative estimate of drug-likeness (QED) is 0.447. The molecule has 0 fully saturated rings. The van der Waals surface area contributed by atoms with Crippen LogP contribution in [0.4, 0.5) is 0 Å². The largest absolute Gasteiger partial charge is 0.246 e. The average Bonchev–Trinajstić information content (AvgIpc) is 2.03. The van der Waals surface area contributed by atoms with Crippen LogP contribution in [0.5, 0.6) is 0 Å². The summed E-state index contributed by atoms with van der Waals surface area (Å²) in [5.74, 6) is 0. The van der Waals surface area contributed by atoms with E-state index in [4.69, 9.17) is 5.26 Å². The Morgan fingerprint density at radius 1 is 1.64 bits per heavy atom. The molecule has 0 aromatic carbocycles. The molecule has 0 saturated heterocycles. The molecule has 0 rings (SSSR count). The normalized spacial score (nSPS) is 12.6. The summed E-state index contributed by atoms with van der Waals surface area (Å²) in [4.78, 5) is 3.91. The number of hydrogen-bond donors (Lipinski definition) is 0. The van der Waals surface area contributed by atoms with Gasteiger partial charge in [0.25, 0.3) is 0 Å². The summed E-state index contributed by atoms with van der Waals surface area (Å²) in [6, 6.07) is 1.99. The van der Waals surface area contributed by atoms with E-state index < -0.39 is 0 Å². The van der Waals surface area contributed by atoms with Crippen LogP contribution >= 0.6 is 0 Å². The summed E-state index contributed by atoms with van der Waals surface area (Å²) in [5.41, 5.74) is 0.477. The highest BCUT2D eigenvalue weighted by molar-refractivity contribution is 5.72. The summed E-state index contributed by atoms with van der Waals surface area (Å²) >= 11 is 0. The molecule has 0 bridgehead atoms. The topological polar surface area (TPSA) is 36.1 Å². The molecule has 0 atom stereocenters. The van der Waals surface area contributed by atoms with Crippen molar-refractivity contribution in [1.82, 2.24) is 0 Å². The number of nitriles is 1. The minimum Gasteiger partial charge on any atom is -0.246 e. The Hall–Kier alpha value is -1.36. The zero-order valence-electron chi connectivity index (χ0n) is 6.91. The van der Waals surface area contributed by atoms with Crippen LogP contribution in [0, 0.1) is 11.3 Å². The van der Waals surface area contributed by atoms with Gasteiger partial charge in [0, 0.05) is 6.21 Å². The van der Waals surface area contributed by atoms with Crippen molar-refractivity contribution in [2.24, 2.45) is 4.99 Å². The molecule has 0 heterocycles. The van der Waals surface area contributed by atoms with Gasteiger partial charge in [0.1, 0.15) is 11.8 Å². The smallest absolute Gasteiger partial charge is 0.136 e. The highest BCUT2D eigenvalue weighted by atomic mass is 14.7. The van der Waals surface area contributed by atoms with Crippen LogP contribution in [0.25, 0.3) is 0 Å². The molecule has 0 aliphatic carbocycles. The van der Waals surface area contributed by atoms with Crippen LogP contribution in [0.1, 0.15) is 20.3 Å². The Morgan fingerprint density at radius 2 is 2.36 bits per heavy atom. The first-order valence-electron chi connectivity index (χ1n) is 3.60. The van der Waals surface area contributed by atoms with E-state index in [-0.39, 0.29) is 0 Å². The second-order valence-corrected chi connectivity index (χ2v) is 1.91. The van der Waals surface area contributed by atoms with Crippen molar-refractivity contribution in [3.8, 4) is 6.07 Å². The van der Waals surface area contributed by atoms with E-state index in [0.29, 0.717) is 5.70 Å². The molecular formula is C9H12N2. The van der Waals surface area contributed by atoms with Crippen LogP contribution < -0.4 is 0 Å². The van der Waals surface area contributed by atoms with Gasteiger partial charge in [-0.1, -0.05) is 13.0 Å². The molecule has 58 valence electrons. The van der Waals surface area contributed by atoms with Crippen molar-refractivity contribution in [2.75, 3.05) is 0 Å². The molecule has 0 aromatic heterocycles. The Labute approximate surface area is 67.6 Å². The standard InChI is InChI=1S/C9H12N2/c1-3-5-7-11-9(8-10)6-4-2/h3,5-7H,4H2,1-2H3/b5-3-,9-6-,11-7-. The van der Waals surface area contributed by atoms with Crippen molar-refractivity contribution >= 4 is 6.21 Å². The first-order valence-corrected chi connectivity index (χ1v) is 3.60. The van der Waals surface area contributed by atoms with Gasteiger partial charge in [0.2, 0.25) is 0 Å². The average molecular weight is 148 g/mol. The van der Waals surface area contributed by atoms with Crippen molar-refractivity contribution in [3.05, 3.63) is 23.9 Å². The first kappa shape index (κ1) is 9.64. The Bertz CT molecular complexity index is 216. The third-order valence-electron chi connectivity index (χ3n) is 1.00. The molecule has 2 nitrogen and oxygen atoms in total. The van der Waals surface area contributed by atoms with Crippen molar-refractivity contribution in [3.63, 3.8) is 0 Å². The lowest BCUT2D eigenvalue weighted by Gasteiger charge is -1.83. The molecule has 2 heteroatoms. The molecule has 0 aromatic rings. The maximum Gasteiger partial charge on any atom is 0.136 e. The third kappa shape index (κ3) is 5.10. The van der Waals surface area contributed by atoms with Gasteiger partial charge in [-0.3, -0.25) is 0 Å². The van der Waals surface area contributed by atoms with E-state index >= 15 is 0 Å². The highest BCUT2D eigenvalue weighted by Crippen LogP contribution is 1.94. The Morgan fingerprint density at radius 3 is 2.82 bits per heavy atom. The van der Waals surface area contributed by atoms with Gasteiger partial charge in [-0.2, -0.15) is 5.26 Å². The van der Waals surface area contributed by atoms with Gasteiger partial charge in [-0.15, -0.1) is 0 Å². The van der Waals surface area contributed by atoms with E-state index in [9.17, 15) is 0 Å². The number of hydrogen-bond acceptors (Lipinski definition) is 2. The predicted molar refractivity (Wildman–Crippen MR) is 47.3 cm³/mol. The fourth-order valence-electron chi connectivity index (χ4n) is 0.530. The highest BCUT2D eigenvalue weighted by Gasteiger charge is 1.84. The van der Waals surface area contributed by atoms with Gasteiger partial charge >= 0.3 is 0 Å². The van der Waals surface area contributed by atoms with E-state index in [1.165, 1.54) is 0 Å². The molecular weight excluding hydrogens is 136 g/mol. The van der Waals surface area contributed by atoms with Crippen LogP contribution in [0.15, 0.2) is 28.9 Å². The molecule has 0 amide bonds. The molecule has 0 saturated carbocycles. The summed E-state index contributed by atoms with van der Waals surface area (Å²) < 4.78 is 0. The second-order valence-electron chi connectivity index (χ2n) is 1.91. The lowest BCUT2D eigenvalue weighted by atomic mass is 10.4. The van der Waals surface area contributed by atoms with Gasteiger partial charge < -0.3 is 0 Å². The molecule has 0 spiro atoms. The zero-order chi connectivity index (χ0) is 8.53. The van der Waals surface area contributed by atoms with Gasteiger partial charge in [-0.25, -0.2) is 4.99 Å². The van der Waals surface area contributed by atoms with E-state index in [0.717, 1.165) is 6.42 Å². The van der Waals surface area contributed by atoms with Gasteiger partial charge in [-0.05, 0) is 25.5 Å². The number of nitrogens with zero attached hydrogens (tertiary/aromatic N) is 2. The van der Waals surface area contributed by atoms with Crippen LogP contribution in [-0.4, -0.2) is 6.21 Å². The minimum atomic E-state index is 0.477. The zero-order valence-corrected chi connectivity index (χ0v) is 6.91. The fourth-order valence-corrected chi connectivity index (χ4v) is 0.530. The van der Waals surface area contributed by atoms with Crippen LogP contribution in [0.2, 0.25) is 0 Å². The van der Waals surface area contributed by atoms with Crippen molar-refractivity contribution in [2.45, 2.75) is 20.3 Å². The Balaban J connectivity index is 4.11. The number of rotatable bonds is 3. The molecule has 0 N–H and O–H groups in total. The molecule has 11 heavy (non-hydrogen) atoms. The maximum atomic E-state index is 8.50. The van der Waals surface area contributed by atoms with Crippen molar-refractivity contribution < 1.29 is 0 Å². The predicted octanol–water partition coefficient (Wildman–Crippen LogP) is 2.45. The lowest BCUT2D eigenvalue weighted by molar-refractivity contribution is 1.19. The number of allylic oxidation sites excluding steroid dienone is 4. The van der Waals surface area contributed by atoms with Gasteiger partial charge in [0.05, 0.1) is 0 Å².